The molecule has 0 saturated carbocycles. The van der Waals surface area contributed by atoms with E-state index < -0.39 is 10.8 Å². The van der Waals surface area contributed by atoms with Crippen LogP contribution in [0.25, 0.3) is 22.3 Å². The smallest absolute Gasteiger partial charge is 0.294 e. The second kappa shape index (κ2) is 8.04. The van der Waals surface area contributed by atoms with Gasteiger partial charge in [-0.15, -0.1) is 0 Å². The fourth-order valence-electron chi connectivity index (χ4n) is 3.15. The SMILES string of the molecule is Cc1ccc2oc(-c3ccc(C(=O)Nc4ccc(Cl)cc4[N+](=O)[O-])cc3)cc(=O)c2c1. The summed E-state index contributed by atoms with van der Waals surface area (Å²) < 4.78 is 5.84. The van der Waals surface area contributed by atoms with Gasteiger partial charge in [0.15, 0.2) is 5.43 Å². The molecule has 8 heteroatoms. The van der Waals surface area contributed by atoms with Gasteiger partial charge in [-0.05, 0) is 43.3 Å². The zero-order chi connectivity index (χ0) is 22.1. The minimum absolute atomic E-state index is 0.0410. The van der Waals surface area contributed by atoms with Gasteiger partial charge in [0.05, 0.1) is 10.3 Å². The van der Waals surface area contributed by atoms with E-state index in [-0.39, 0.29) is 27.4 Å². The van der Waals surface area contributed by atoms with Crippen LogP contribution in [0, 0.1) is 17.0 Å². The van der Waals surface area contributed by atoms with Gasteiger partial charge in [-0.25, -0.2) is 0 Å². The molecule has 1 heterocycles. The number of nitro groups is 1. The number of halogens is 1. The molecule has 0 unspecified atom stereocenters. The summed E-state index contributed by atoms with van der Waals surface area (Å²) in [4.78, 5) is 35.5. The van der Waals surface area contributed by atoms with Gasteiger partial charge in [-0.3, -0.25) is 19.7 Å². The minimum atomic E-state index is -0.617. The summed E-state index contributed by atoms with van der Waals surface area (Å²) in [6.07, 6.45) is 0. The number of benzene rings is 3. The molecule has 0 saturated heterocycles. The van der Waals surface area contributed by atoms with Crippen LogP contribution in [0.2, 0.25) is 5.02 Å². The van der Waals surface area contributed by atoms with Crippen molar-refractivity contribution in [2.24, 2.45) is 0 Å². The lowest BCUT2D eigenvalue weighted by Gasteiger charge is -2.08. The number of carbonyl (C=O) groups is 1. The molecule has 4 rings (SSSR count). The molecule has 154 valence electrons. The molecule has 0 aliphatic carbocycles. The number of anilines is 1. The Morgan fingerprint density at radius 1 is 1.03 bits per heavy atom. The number of aryl methyl sites for hydroxylation is 1. The second-order valence-electron chi connectivity index (χ2n) is 6.92. The number of fused-ring (bicyclic) bond motifs is 1. The van der Waals surface area contributed by atoms with Gasteiger partial charge in [-0.1, -0.05) is 35.4 Å². The van der Waals surface area contributed by atoms with Crippen molar-refractivity contribution in [3.05, 3.63) is 103 Å². The predicted molar refractivity (Wildman–Crippen MR) is 119 cm³/mol. The van der Waals surface area contributed by atoms with Crippen LogP contribution in [-0.4, -0.2) is 10.8 Å². The van der Waals surface area contributed by atoms with E-state index in [1.165, 1.54) is 24.3 Å². The third-order valence-electron chi connectivity index (χ3n) is 4.72. The first-order chi connectivity index (χ1) is 14.8. The summed E-state index contributed by atoms with van der Waals surface area (Å²) in [5, 5.41) is 14.4. The van der Waals surface area contributed by atoms with Crippen LogP contribution in [0.4, 0.5) is 11.4 Å². The zero-order valence-electron chi connectivity index (χ0n) is 16.2. The summed E-state index contributed by atoms with van der Waals surface area (Å²) in [7, 11) is 0. The van der Waals surface area contributed by atoms with E-state index in [2.05, 4.69) is 5.32 Å². The monoisotopic (exact) mass is 434 g/mol. The molecule has 0 radical (unpaired) electrons. The van der Waals surface area contributed by atoms with Crippen LogP contribution in [0.15, 0.2) is 75.9 Å². The van der Waals surface area contributed by atoms with E-state index in [9.17, 15) is 19.7 Å². The molecule has 0 atom stereocenters. The molecule has 0 fully saturated rings. The van der Waals surface area contributed by atoms with E-state index in [4.69, 9.17) is 16.0 Å². The Balaban J connectivity index is 1.61. The lowest BCUT2D eigenvalue weighted by molar-refractivity contribution is -0.383. The first-order valence-electron chi connectivity index (χ1n) is 9.22. The zero-order valence-corrected chi connectivity index (χ0v) is 17.0. The highest BCUT2D eigenvalue weighted by Gasteiger charge is 2.17. The largest absolute Gasteiger partial charge is 0.456 e. The normalized spacial score (nSPS) is 10.8. The van der Waals surface area contributed by atoms with Gasteiger partial charge in [-0.2, -0.15) is 0 Å². The van der Waals surface area contributed by atoms with E-state index in [1.807, 2.05) is 13.0 Å². The molecule has 0 bridgehead atoms. The Kier molecular flexibility index (Phi) is 5.27. The van der Waals surface area contributed by atoms with Crippen molar-refractivity contribution in [1.82, 2.24) is 0 Å². The molecule has 4 aromatic rings. The van der Waals surface area contributed by atoms with Crippen molar-refractivity contribution in [2.45, 2.75) is 6.92 Å². The molecule has 1 N–H and O–H groups in total. The number of nitro benzene ring substituents is 1. The van der Waals surface area contributed by atoms with Crippen LogP contribution >= 0.6 is 11.6 Å². The molecule has 7 nitrogen and oxygen atoms in total. The number of rotatable bonds is 4. The fourth-order valence-corrected chi connectivity index (χ4v) is 3.32. The van der Waals surface area contributed by atoms with Gasteiger partial charge in [0.2, 0.25) is 0 Å². The third kappa shape index (κ3) is 4.17. The van der Waals surface area contributed by atoms with Gasteiger partial charge in [0, 0.05) is 28.3 Å². The maximum atomic E-state index is 12.5. The average molecular weight is 435 g/mol. The second-order valence-corrected chi connectivity index (χ2v) is 7.36. The molecule has 0 aliphatic rings. The highest BCUT2D eigenvalue weighted by Crippen LogP contribution is 2.28. The van der Waals surface area contributed by atoms with E-state index in [1.54, 1.807) is 36.4 Å². The molecule has 0 aliphatic heterocycles. The first kappa shape index (κ1) is 20.3. The van der Waals surface area contributed by atoms with Crippen LogP contribution in [-0.2, 0) is 0 Å². The standard InChI is InChI=1S/C23H15ClN2O5/c1-13-2-9-21-17(10-13)20(27)12-22(31-21)14-3-5-15(6-4-14)23(28)25-18-8-7-16(24)11-19(18)26(29)30/h2-12H,1H3,(H,25,28). The fraction of sp³-hybridized carbons (Fsp3) is 0.0435. The van der Waals surface area contributed by atoms with Crippen molar-refractivity contribution in [3.63, 3.8) is 0 Å². The summed E-state index contributed by atoms with van der Waals surface area (Å²) >= 11 is 5.80. The molecular formula is C23H15ClN2O5. The van der Waals surface area contributed by atoms with Gasteiger partial charge < -0.3 is 9.73 Å². The van der Waals surface area contributed by atoms with Gasteiger partial charge >= 0.3 is 0 Å². The highest BCUT2D eigenvalue weighted by molar-refractivity contribution is 6.31. The number of hydrogen-bond acceptors (Lipinski definition) is 5. The van der Waals surface area contributed by atoms with Crippen LogP contribution in [0.3, 0.4) is 0 Å². The topological polar surface area (TPSA) is 102 Å². The van der Waals surface area contributed by atoms with E-state index in [0.29, 0.717) is 22.3 Å². The van der Waals surface area contributed by atoms with Crippen molar-refractivity contribution < 1.29 is 14.1 Å². The molecule has 0 spiro atoms. The minimum Gasteiger partial charge on any atom is -0.456 e. The summed E-state index contributed by atoms with van der Waals surface area (Å²) in [6.45, 7) is 1.90. The predicted octanol–water partition coefficient (Wildman–Crippen LogP) is 5.58. The number of nitrogens with zero attached hydrogens (tertiary/aromatic N) is 1. The number of amides is 1. The Bertz CT molecular complexity index is 1390. The van der Waals surface area contributed by atoms with Crippen LogP contribution < -0.4 is 10.7 Å². The number of hydrogen-bond donors (Lipinski definition) is 1. The summed E-state index contributed by atoms with van der Waals surface area (Å²) in [5.74, 6) is -0.144. The Hall–Kier alpha value is -3.97. The van der Waals surface area contributed by atoms with Gasteiger partial charge in [0.1, 0.15) is 17.0 Å². The van der Waals surface area contributed by atoms with E-state index >= 15 is 0 Å². The number of carbonyl (C=O) groups excluding carboxylic acids is 1. The van der Waals surface area contributed by atoms with Crippen molar-refractivity contribution in [3.8, 4) is 11.3 Å². The molecule has 3 aromatic carbocycles. The molecular weight excluding hydrogens is 420 g/mol. The maximum Gasteiger partial charge on any atom is 0.294 e. The van der Waals surface area contributed by atoms with Crippen LogP contribution in [0.5, 0.6) is 0 Å². The Morgan fingerprint density at radius 2 is 1.77 bits per heavy atom. The highest BCUT2D eigenvalue weighted by atomic mass is 35.5. The first-order valence-corrected chi connectivity index (χ1v) is 9.60. The number of nitrogens with one attached hydrogen (secondary N) is 1. The molecule has 1 aromatic heterocycles. The van der Waals surface area contributed by atoms with Crippen molar-refractivity contribution in [2.75, 3.05) is 5.32 Å². The van der Waals surface area contributed by atoms with Gasteiger partial charge in [0.25, 0.3) is 11.6 Å². The Labute approximate surface area is 181 Å². The lowest BCUT2D eigenvalue weighted by Crippen LogP contribution is -2.13. The molecule has 31 heavy (non-hydrogen) atoms. The summed E-state index contributed by atoms with van der Waals surface area (Å²) in [6, 6.07) is 17.2. The average Bonchev–Trinajstić information content (AvgIpc) is 2.75. The lowest BCUT2D eigenvalue weighted by atomic mass is 10.1. The molecule has 1 amide bonds. The van der Waals surface area contributed by atoms with Crippen molar-refractivity contribution in [1.29, 1.82) is 0 Å². The maximum absolute atomic E-state index is 12.5. The van der Waals surface area contributed by atoms with Crippen molar-refractivity contribution >= 4 is 39.9 Å². The third-order valence-corrected chi connectivity index (χ3v) is 4.95. The van der Waals surface area contributed by atoms with E-state index in [0.717, 1.165) is 5.56 Å². The summed E-state index contributed by atoms with van der Waals surface area (Å²) in [5.41, 5.74) is 1.93. The quantitative estimate of drug-likeness (QED) is 0.333. The van der Waals surface area contributed by atoms with Crippen LogP contribution in [0.1, 0.15) is 15.9 Å². The Morgan fingerprint density at radius 3 is 2.48 bits per heavy atom.